The van der Waals surface area contributed by atoms with Crippen LogP contribution in [0, 0.1) is 11.3 Å². The van der Waals surface area contributed by atoms with E-state index in [9.17, 15) is 4.79 Å². The average molecular weight is 231 g/mol. The van der Waals surface area contributed by atoms with Crippen molar-refractivity contribution in [2.24, 2.45) is 5.73 Å². The van der Waals surface area contributed by atoms with Gasteiger partial charge in [-0.3, -0.25) is 4.79 Å². The quantitative estimate of drug-likeness (QED) is 0.792. The number of carbonyl (C=O) groups is 1. The Balaban J connectivity index is 2.56. The molecule has 4 heteroatoms. The maximum Gasteiger partial charge on any atom is 0.237 e. The van der Waals surface area contributed by atoms with Gasteiger partial charge < -0.3 is 11.1 Å². The lowest BCUT2D eigenvalue weighted by atomic mass is 10.1. The molecule has 17 heavy (non-hydrogen) atoms. The topological polar surface area (TPSA) is 78.9 Å². The predicted molar refractivity (Wildman–Crippen MR) is 66.0 cm³/mol. The summed E-state index contributed by atoms with van der Waals surface area (Å²) in [5, 5.41) is 11.6. The molecule has 0 aromatic heterocycles. The molecular formula is C13H17N3O. The van der Waals surface area contributed by atoms with Crippen molar-refractivity contribution in [2.45, 2.75) is 31.8 Å². The lowest BCUT2D eigenvalue weighted by Gasteiger charge is -2.14. The van der Waals surface area contributed by atoms with E-state index >= 15 is 0 Å². The van der Waals surface area contributed by atoms with Crippen molar-refractivity contribution in [1.29, 1.82) is 5.26 Å². The number of hydrogen-bond acceptors (Lipinski definition) is 3. The van der Waals surface area contributed by atoms with Gasteiger partial charge in [0.2, 0.25) is 5.91 Å². The van der Waals surface area contributed by atoms with Crippen molar-refractivity contribution in [1.82, 2.24) is 5.32 Å². The van der Waals surface area contributed by atoms with Gasteiger partial charge >= 0.3 is 0 Å². The first-order chi connectivity index (χ1) is 8.17. The van der Waals surface area contributed by atoms with Gasteiger partial charge in [0.05, 0.1) is 12.1 Å². The van der Waals surface area contributed by atoms with E-state index in [1.165, 1.54) is 0 Å². The fourth-order valence-corrected chi connectivity index (χ4v) is 1.44. The van der Waals surface area contributed by atoms with E-state index in [-0.39, 0.29) is 5.91 Å². The highest BCUT2D eigenvalue weighted by molar-refractivity contribution is 5.81. The zero-order valence-corrected chi connectivity index (χ0v) is 9.89. The largest absolute Gasteiger partial charge is 0.339 e. The van der Waals surface area contributed by atoms with Crippen molar-refractivity contribution >= 4 is 5.91 Å². The van der Waals surface area contributed by atoms with Crippen molar-refractivity contribution in [3.05, 3.63) is 35.9 Å². The summed E-state index contributed by atoms with van der Waals surface area (Å²) in [7, 11) is 0. The van der Waals surface area contributed by atoms with Crippen LogP contribution in [0.1, 0.15) is 18.9 Å². The molecule has 2 atom stereocenters. The monoisotopic (exact) mass is 231 g/mol. The number of nitrogens with zero attached hydrogens (tertiary/aromatic N) is 1. The van der Waals surface area contributed by atoms with Gasteiger partial charge in [-0.25, -0.2) is 0 Å². The van der Waals surface area contributed by atoms with E-state index < -0.39 is 12.1 Å². The maximum absolute atomic E-state index is 11.5. The van der Waals surface area contributed by atoms with Gasteiger partial charge in [-0.05, 0) is 12.0 Å². The molecular weight excluding hydrogens is 214 g/mol. The Kier molecular flexibility index (Phi) is 5.18. The molecule has 0 spiro atoms. The van der Waals surface area contributed by atoms with E-state index in [1.807, 2.05) is 37.3 Å². The average Bonchev–Trinajstić information content (AvgIpc) is 2.38. The van der Waals surface area contributed by atoms with Crippen LogP contribution in [0.3, 0.4) is 0 Å². The Hall–Kier alpha value is -1.86. The normalized spacial score (nSPS) is 13.5. The lowest BCUT2D eigenvalue weighted by molar-refractivity contribution is -0.122. The molecule has 0 heterocycles. The van der Waals surface area contributed by atoms with E-state index in [0.29, 0.717) is 12.8 Å². The second-order valence-corrected chi connectivity index (χ2v) is 3.89. The fraction of sp³-hybridized carbons (Fsp3) is 0.385. The highest BCUT2D eigenvalue weighted by atomic mass is 16.2. The van der Waals surface area contributed by atoms with Crippen molar-refractivity contribution < 1.29 is 4.79 Å². The second kappa shape index (κ2) is 6.66. The van der Waals surface area contributed by atoms with E-state index in [1.54, 1.807) is 0 Å². The third kappa shape index (κ3) is 4.25. The smallest absolute Gasteiger partial charge is 0.237 e. The maximum atomic E-state index is 11.5. The molecule has 1 aromatic carbocycles. The molecule has 90 valence electrons. The Bertz CT molecular complexity index is 397. The minimum Gasteiger partial charge on any atom is -0.339 e. The number of amides is 1. The fourth-order valence-electron chi connectivity index (χ4n) is 1.44. The van der Waals surface area contributed by atoms with Gasteiger partial charge in [-0.2, -0.15) is 5.26 Å². The minimum absolute atomic E-state index is 0.269. The molecule has 0 saturated carbocycles. The van der Waals surface area contributed by atoms with Crippen LogP contribution in [0.5, 0.6) is 0 Å². The number of nitriles is 1. The summed E-state index contributed by atoms with van der Waals surface area (Å²) >= 11 is 0. The number of benzene rings is 1. The van der Waals surface area contributed by atoms with Crippen LogP contribution in [0.2, 0.25) is 0 Å². The molecule has 0 aliphatic heterocycles. The summed E-state index contributed by atoms with van der Waals surface area (Å²) in [6.07, 6.45) is 1.06. The van der Waals surface area contributed by atoms with Crippen LogP contribution in [-0.4, -0.2) is 18.0 Å². The summed E-state index contributed by atoms with van der Waals surface area (Å²) in [6, 6.07) is 10.6. The molecule has 4 nitrogen and oxygen atoms in total. The number of nitrogens with two attached hydrogens (primary N) is 1. The molecule has 3 N–H and O–H groups in total. The number of carbonyl (C=O) groups excluding carboxylic acids is 1. The van der Waals surface area contributed by atoms with Crippen LogP contribution in [0.4, 0.5) is 0 Å². The summed E-state index contributed by atoms with van der Waals surface area (Å²) in [5.41, 5.74) is 6.61. The van der Waals surface area contributed by atoms with Crippen LogP contribution < -0.4 is 11.1 Å². The van der Waals surface area contributed by atoms with Crippen LogP contribution >= 0.6 is 0 Å². The Morgan fingerprint density at radius 2 is 2.12 bits per heavy atom. The third-order valence-corrected chi connectivity index (χ3v) is 2.53. The molecule has 1 amide bonds. The number of hydrogen-bond donors (Lipinski definition) is 2. The molecule has 0 bridgehead atoms. The van der Waals surface area contributed by atoms with E-state index in [0.717, 1.165) is 5.56 Å². The minimum atomic E-state index is -0.540. The zero-order chi connectivity index (χ0) is 12.7. The highest BCUT2D eigenvalue weighted by Gasteiger charge is 2.16. The van der Waals surface area contributed by atoms with Crippen molar-refractivity contribution in [3.8, 4) is 6.07 Å². The predicted octanol–water partition coefficient (Wildman–Crippen LogP) is 0.975. The van der Waals surface area contributed by atoms with E-state index in [4.69, 9.17) is 11.0 Å². The van der Waals surface area contributed by atoms with Gasteiger partial charge in [0, 0.05) is 6.42 Å². The Labute approximate surface area is 101 Å². The summed E-state index contributed by atoms with van der Waals surface area (Å²) in [5.74, 6) is -0.269. The first-order valence-electron chi connectivity index (χ1n) is 5.66. The van der Waals surface area contributed by atoms with Crippen LogP contribution in [0.15, 0.2) is 30.3 Å². The highest BCUT2D eigenvalue weighted by Crippen LogP contribution is 2.03. The molecule has 0 fully saturated rings. The standard InChI is InChI=1S/C13H17N3O/c1-2-12(15)13(17)16-11(9-14)8-10-6-4-3-5-7-10/h3-7,11-12H,2,8,15H2,1H3,(H,16,17)/t11?,12-/m0/s1. The summed E-state index contributed by atoms with van der Waals surface area (Å²) in [6.45, 7) is 1.84. The Morgan fingerprint density at radius 3 is 2.65 bits per heavy atom. The third-order valence-electron chi connectivity index (χ3n) is 2.53. The molecule has 1 aromatic rings. The van der Waals surface area contributed by atoms with Crippen LogP contribution in [0.25, 0.3) is 0 Å². The number of rotatable bonds is 5. The van der Waals surface area contributed by atoms with Crippen molar-refractivity contribution in [3.63, 3.8) is 0 Å². The molecule has 0 radical (unpaired) electrons. The van der Waals surface area contributed by atoms with Gasteiger partial charge in [0.15, 0.2) is 0 Å². The zero-order valence-electron chi connectivity index (χ0n) is 9.89. The molecule has 0 aliphatic rings. The van der Waals surface area contributed by atoms with Crippen molar-refractivity contribution in [2.75, 3.05) is 0 Å². The molecule has 0 saturated heterocycles. The van der Waals surface area contributed by atoms with E-state index in [2.05, 4.69) is 11.4 Å². The van der Waals surface area contributed by atoms with Gasteiger partial charge in [-0.1, -0.05) is 37.3 Å². The van der Waals surface area contributed by atoms with Crippen LogP contribution in [-0.2, 0) is 11.2 Å². The first-order valence-corrected chi connectivity index (χ1v) is 5.66. The SMILES string of the molecule is CC[C@H](N)C(=O)NC(C#N)Cc1ccccc1. The Morgan fingerprint density at radius 1 is 1.47 bits per heavy atom. The summed E-state index contributed by atoms with van der Waals surface area (Å²) < 4.78 is 0. The molecule has 0 aliphatic carbocycles. The molecule has 1 unspecified atom stereocenters. The first kappa shape index (κ1) is 13.2. The van der Waals surface area contributed by atoms with Gasteiger partial charge in [0.25, 0.3) is 0 Å². The second-order valence-electron chi connectivity index (χ2n) is 3.89. The van der Waals surface area contributed by atoms with Gasteiger partial charge in [0.1, 0.15) is 6.04 Å². The molecule has 1 rings (SSSR count). The lowest BCUT2D eigenvalue weighted by Crippen LogP contribution is -2.45. The van der Waals surface area contributed by atoms with Gasteiger partial charge in [-0.15, -0.1) is 0 Å². The summed E-state index contributed by atoms with van der Waals surface area (Å²) in [4.78, 5) is 11.5. The number of nitrogens with one attached hydrogen (secondary N) is 1.